The second-order valence-corrected chi connectivity index (χ2v) is 4.56. The fourth-order valence-electron chi connectivity index (χ4n) is 2.27. The zero-order chi connectivity index (χ0) is 13.3. The summed E-state index contributed by atoms with van der Waals surface area (Å²) in [6, 6.07) is 1.73. The molecule has 1 aliphatic heterocycles. The summed E-state index contributed by atoms with van der Waals surface area (Å²) >= 11 is 0. The van der Waals surface area contributed by atoms with E-state index in [1.165, 1.54) is 0 Å². The molecular formula is C13H19NO4. The maximum absolute atomic E-state index is 11.8. The Kier molecular flexibility index (Phi) is 3.85. The van der Waals surface area contributed by atoms with Gasteiger partial charge in [0.05, 0.1) is 6.61 Å². The number of hydrogen-bond acceptors (Lipinski definition) is 4. The van der Waals surface area contributed by atoms with Crippen molar-refractivity contribution >= 4 is 5.78 Å². The van der Waals surface area contributed by atoms with Crippen LogP contribution in [0.4, 0.5) is 0 Å². The summed E-state index contributed by atoms with van der Waals surface area (Å²) in [6.45, 7) is 3.89. The van der Waals surface area contributed by atoms with Gasteiger partial charge in [0, 0.05) is 23.4 Å². The average molecular weight is 253 g/mol. The van der Waals surface area contributed by atoms with Crippen LogP contribution in [0.5, 0.6) is 0 Å². The molecule has 2 rings (SSSR count). The lowest BCUT2D eigenvalue weighted by molar-refractivity contribution is 0.0207. The minimum atomic E-state index is -0.946. The first-order chi connectivity index (χ1) is 8.58. The SMILES string of the molecule is CCC(=O)c1cc([C@@H]2OC[C@@H](O)[C@H]2O)[nH]c1CC. The maximum Gasteiger partial charge on any atom is 0.164 e. The van der Waals surface area contributed by atoms with Crippen molar-refractivity contribution in [1.82, 2.24) is 4.98 Å². The van der Waals surface area contributed by atoms with Crippen molar-refractivity contribution in [3.05, 3.63) is 23.0 Å². The van der Waals surface area contributed by atoms with Crippen LogP contribution in [-0.2, 0) is 11.2 Å². The summed E-state index contributed by atoms with van der Waals surface area (Å²) < 4.78 is 5.35. The predicted molar refractivity (Wildman–Crippen MR) is 65.5 cm³/mol. The molecule has 0 radical (unpaired) electrons. The Morgan fingerprint density at radius 2 is 2.22 bits per heavy atom. The molecule has 100 valence electrons. The summed E-state index contributed by atoms with van der Waals surface area (Å²) in [6.07, 6.45) is -1.23. The Bertz CT molecular complexity index is 440. The van der Waals surface area contributed by atoms with E-state index in [2.05, 4.69) is 4.98 Å². The number of ether oxygens (including phenoxy) is 1. The molecule has 1 saturated heterocycles. The number of carbonyl (C=O) groups excluding carboxylic acids is 1. The fraction of sp³-hybridized carbons (Fsp3) is 0.615. The number of aliphatic hydroxyl groups is 2. The first-order valence-electron chi connectivity index (χ1n) is 6.31. The molecule has 2 heterocycles. The molecule has 1 aromatic heterocycles. The van der Waals surface area contributed by atoms with Crippen LogP contribution in [0.2, 0.25) is 0 Å². The summed E-state index contributed by atoms with van der Waals surface area (Å²) in [5.41, 5.74) is 2.17. The third kappa shape index (κ3) is 2.21. The first kappa shape index (κ1) is 13.3. The lowest BCUT2D eigenvalue weighted by Crippen LogP contribution is -2.25. The molecule has 0 saturated carbocycles. The van der Waals surface area contributed by atoms with Crippen LogP contribution in [0.1, 0.15) is 48.1 Å². The fourth-order valence-corrected chi connectivity index (χ4v) is 2.27. The van der Waals surface area contributed by atoms with E-state index in [1.54, 1.807) is 6.07 Å². The van der Waals surface area contributed by atoms with Gasteiger partial charge < -0.3 is 19.9 Å². The highest BCUT2D eigenvalue weighted by atomic mass is 16.5. The summed E-state index contributed by atoms with van der Waals surface area (Å²) in [4.78, 5) is 14.9. The number of hydrogen-bond donors (Lipinski definition) is 3. The standard InChI is InChI=1S/C13H19NO4/c1-3-8-7(10(15)4-2)5-9(14-8)13-12(17)11(16)6-18-13/h5,11-14,16-17H,3-4,6H2,1-2H3/t11-,12-,13+/m1/s1. The highest BCUT2D eigenvalue weighted by Gasteiger charge is 2.37. The minimum absolute atomic E-state index is 0.0717. The Morgan fingerprint density at radius 3 is 2.72 bits per heavy atom. The van der Waals surface area contributed by atoms with Crippen LogP contribution in [0.3, 0.4) is 0 Å². The summed E-state index contributed by atoms with van der Waals surface area (Å²) in [5.74, 6) is 0.0717. The van der Waals surface area contributed by atoms with E-state index in [-0.39, 0.29) is 12.4 Å². The lowest BCUT2D eigenvalue weighted by Gasteiger charge is -2.12. The number of Topliss-reactive ketones (excluding diaryl/α,β-unsaturated/α-hetero) is 1. The number of ketones is 1. The van der Waals surface area contributed by atoms with Crippen molar-refractivity contribution in [2.75, 3.05) is 6.61 Å². The Morgan fingerprint density at radius 1 is 1.50 bits per heavy atom. The Balaban J connectivity index is 2.30. The molecule has 5 heteroatoms. The van der Waals surface area contributed by atoms with Crippen molar-refractivity contribution in [3.63, 3.8) is 0 Å². The molecule has 3 atom stereocenters. The van der Waals surface area contributed by atoms with Gasteiger partial charge in [-0.1, -0.05) is 13.8 Å². The molecule has 18 heavy (non-hydrogen) atoms. The number of H-pyrrole nitrogens is 1. The van der Waals surface area contributed by atoms with Crippen molar-refractivity contribution in [2.45, 2.75) is 45.0 Å². The van der Waals surface area contributed by atoms with Gasteiger partial charge in [0.25, 0.3) is 0 Å². The smallest absolute Gasteiger partial charge is 0.164 e. The number of carbonyl (C=O) groups is 1. The quantitative estimate of drug-likeness (QED) is 0.698. The molecule has 0 aliphatic carbocycles. The minimum Gasteiger partial charge on any atom is -0.388 e. The third-order valence-corrected chi connectivity index (χ3v) is 3.35. The van der Waals surface area contributed by atoms with Gasteiger partial charge in [-0.3, -0.25) is 4.79 Å². The lowest BCUT2D eigenvalue weighted by atomic mass is 10.1. The van der Waals surface area contributed by atoms with Crippen LogP contribution in [0, 0.1) is 0 Å². The molecule has 0 unspecified atom stereocenters. The van der Waals surface area contributed by atoms with E-state index >= 15 is 0 Å². The molecule has 0 bridgehead atoms. The van der Waals surface area contributed by atoms with Gasteiger partial charge in [-0.05, 0) is 12.5 Å². The van der Waals surface area contributed by atoms with E-state index < -0.39 is 18.3 Å². The van der Waals surface area contributed by atoms with E-state index in [1.807, 2.05) is 13.8 Å². The molecule has 0 spiro atoms. The molecule has 0 aromatic carbocycles. The zero-order valence-corrected chi connectivity index (χ0v) is 10.6. The normalized spacial score (nSPS) is 27.7. The highest BCUT2D eigenvalue weighted by Crippen LogP contribution is 2.30. The second kappa shape index (κ2) is 5.22. The van der Waals surface area contributed by atoms with Gasteiger partial charge in [-0.25, -0.2) is 0 Å². The highest BCUT2D eigenvalue weighted by molar-refractivity contribution is 5.97. The second-order valence-electron chi connectivity index (χ2n) is 4.56. The Labute approximate surface area is 106 Å². The summed E-state index contributed by atoms with van der Waals surface area (Å²) in [7, 11) is 0. The maximum atomic E-state index is 11.8. The van der Waals surface area contributed by atoms with Crippen molar-refractivity contribution < 1.29 is 19.7 Å². The van der Waals surface area contributed by atoms with E-state index in [9.17, 15) is 15.0 Å². The largest absolute Gasteiger partial charge is 0.388 e. The number of aryl methyl sites for hydroxylation is 1. The molecule has 1 aromatic rings. The van der Waals surface area contributed by atoms with Crippen molar-refractivity contribution in [3.8, 4) is 0 Å². The first-order valence-corrected chi connectivity index (χ1v) is 6.31. The van der Waals surface area contributed by atoms with E-state index in [4.69, 9.17) is 4.74 Å². The number of aliphatic hydroxyl groups excluding tert-OH is 2. The van der Waals surface area contributed by atoms with Crippen LogP contribution in [0.25, 0.3) is 0 Å². The molecule has 1 fully saturated rings. The van der Waals surface area contributed by atoms with Gasteiger partial charge in [-0.2, -0.15) is 0 Å². The predicted octanol–water partition coefficient (Wildman–Crippen LogP) is 0.963. The number of nitrogens with one attached hydrogen (secondary N) is 1. The van der Waals surface area contributed by atoms with Gasteiger partial charge in [-0.15, -0.1) is 0 Å². The van der Waals surface area contributed by atoms with Crippen LogP contribution in [0.15, 0.2) is 6.07 Å². The van der Waals surface area contributed by atoms with Gasteiger partial charge in [0.15, 0.2) is 5.78 Å². The molecular weight excluding hydrogens is 234 g/mol. The monoisotopic (exact) mass is 253 g/mol. The van der Waals surface area contributed by atoms with Gasteiger partial charge >= 0.3 is 0 Å². The van der Waals surface area contributed by atoms with E-state index in [0.717, 1.165) is 5.69 Å². The number of aromatic amines is 1. The number of rotatable bonds is 4. The van der Waals surface area contributed by atoms with Crippen LogP contribution >= 0.6 is 0 Å². The number of aromatic nitrogens is 1. The van der Waals surface area contributed by atoms with Crippen LogP contribution in [-0.4, -0.2) is 39.8 Å². The van der Waals surface area contributed by atoms with Crippen molar-refractivity contribution in [2.24, 2.45) is 0 Å². The molecule has 1 aliphatic rings. The average Bonchev–Trinajstić information content (AvgIpc) is 2.93. The van der Waals surface area contributed by atoms with E-state index in [0.29, 0.717) is 24.1 Å². The summed E-state index contributed by atoms with van der Waals surface area (Å²) in [5, 5.41) is 19.3. The Hall–Kier alpha value is -1.17. The molecule has 5 nitrogen and oxygen atoms in total. The third-order valence-electron chi connectivity index (χ3n) is 3.35. The van der Waals surface area contributed by atoms with Gasteiger partial charge in [0.1, 0.15) is 18.3 Å². The van der Waals surface area contributed by atoms with Gasteiger partial charge in [0.2, 0.25) is 0 Å². The van der Waals surface area contributed by atoms with Crippen LogP contribution < -0.4 is 0 Å². The topological polar surface area (TPSA) is 82.6 Å². The van der Waals surface area contributed by atoms with Crippen molar-refractivity contribution in [1.29, 1.82) is 0 Å². The zero-order valence-electron chi connectivity index (χ0n) is 10.6. The molecule has 0 amide bonds. The molecule has 3 N–H and O–H groups in total.